The van der Waals surface area contributed by atoms with Crippen LogP contribution in [0.25, 0.3) is 0 Å². The molecule has 0 saturated carbocycles. The fraction of sp³-hybridized carbons (Fsp3) is 0.588. The van der Waals surface area contributed by atoms with Crippen molar-refractivity contribution < 1.29 is 27.4 Å². The molecule has 0 bridgehead atoms. The Kier molecular flexibility index (Phi) is 7.39. The summed E-state index contributed by atoms with van der Waals surface area (Å²) in [7, 11) is -1.27. The van der Waals surface area contributed by atoms with Crippen LogP contribution in [0.4, 0.5) is 0 Å². The number of aryl methyl sites for hydroxylation is 1. The van der Waals surface area contributed by atoms with Crippen LogP contribution in [0.3, 0.4) is 0 Å². The molecule has 26 heavy (non-hydrogen) atoms. The lowest BCUT2D eigenvalue weighted by atomic mass is 10.2. The van der Waals surface area contributed by atoms with E-state index in [9.17, 15) is 13.2 Å². The maximum absolute atomic E-state index is 13.2. The molecule has 0 radical (unpaired) electrons. The summed E-state index contributed by atoms with van der Waals surface area (Å²) in [6.45, 7) is 4.85. The molecule has 1 aromatic rings. The van der Waals surface area contributed by atoms with Crippen LogP contribution in [0, 0.1) is 6.92 Å². The first kappa shape index (κ1) is 20.6. The van der Waals surface area contributed by atoms with Crippen LogP contribution in [-0.2, 0) is 24.3 Å². The number of carbonyl (C=O) groups excluding carboxylic acids is 1. The van der Waals surface area contributed by atoms with Crippen molar-refractivity contribution in [3.63, 3.8) is 0 Å². The number of nitrogens with zero attached hydrogens (tertiary/aromatic N) is 2. The van der Waals surface area contributed by atoms with Gasteiger partial charge < -0.3 is 14.2 Å². The molecule has 1 aliphatic heterocycles. The lowest BCUT2D eigenvalue weighted by Gasteiger charge is -2.29. The molecule has 9 heteroatoms. The van der Waals surface area contributed by atoms with Gasteiger partial charge in [0.25, 0.3) is 0 Å². The van der Waals surface area contributed by atoms with Gasteiger partial charge in [0.2, 0.25) is 10.0 Å². The quantitative estimate of drug-likeness (QED) is 0.602. The Bertz CT molecular complexity index is 716. The Morgan fingerprint density at radius 2 is 1.96 bits per heavy atom. The molecule has 0 atom stereocenters. The monoisotopic (exact) mass is 386 g/mol. The van der Waals surface area contributed by atoms with Crippen molar-refractivity contribution in [2.75, 3.05) is 60.2 Å². The number of methoxy groups -OCH3 is 2. The van der Waals surface area contributed by atoms with Crippen LogP contribution in [0.5, 0.6) is 5.75 Å². The van der Waals surface area contributed by atoms with Crippen LogP contribution in [0.15, 0.2) is 23.1 Å². The first-order valence-corrected chi connectivity index (χ1v) is 9.84. The highest BCUT2D eigenvalue weighted by atomic mass is 32.2. The van der Waals surface area contributed by atoms with E-state index in [1.54, 1.807) is 25.1 Å². The average molecular weight is 386 g/mol. The van der Waals surface area contributed by atoms with Crippen molar-refractivity contribution >= 4 is 16.0 Å². The highest BCUT2D eigenvalue weighted by Crippen LogP contribution is 2.27. The number of benzene rings is 1. The Morgan fingerprint density at radius 3 is 2.58 bits per heavy atom. The molecule has 146 valence electrons. The number of rotatable bonds is 8. The van der Waals surface area contributed by atoms with Crippen LogP contribution in [0.1, 0.15) is 5.56 Å². The third kappa shape index (κ3) is 5.16. The van der Waals surface area contributed by atoms with Gasteiger partial charge in [-0.1, -0.05) is 6.07 Å². The summed E-state index contributed by atoms with van der Waals surface area (Å²) in [4.78, 5) is 13.9. The molecule has 1 heterocycles. The first-order valence-electron chi connectivity index (χ1n) is 8.40. The second-order valence-electron chi connectivity index (χ2n) is 6.02. The molecule has 0 unspecified atom stereocenters. The molecule has 8 nitrogen and oxygen atoms in total. The number of hydrogen-bond acceptors (Lipinski definition) is 7. The molecule has 1 aliphatic rings. The standard InChI is InChI=1S/C17H26N2O6S/c1-14-4-5-15(23-2)16(12-14)26(21,22)19(13-17(20)24-3)7-6-18-8-10-25-11-9-18/h4-5,12H,6-11,13H2,1-3H3. The smallest absolute Gasteiger partial charge is 0.321 e. The molecule has 2 rings (SSSR count). The Labute approximate surface area is 154 Å². The highest BCUT2D eigenvalue weighted by molar-refractivity contribution is 7.89. The maximum atomic E-state index is 13.2. The summed E-state index contributed by atoms with van der Waals surface area (Å²) >= 11 is 0. The van der Waals surface area contributed by atoms with E-state index in [0.717, 1.165) is 23.0 Å². The second kappa shape index (κ2) is 9.31. The summed E-state index contributed by atoms with van der Waals surface area (Å²) in [6.07, 6.45) is 0. The van der Waals surface area contributed by atoms with Crippen molar-refractivity contribution in [1.82, 2.24) is 9.21 Å². The zero-order valence-corrected chi connectivity index (χ0v) is 16.3. The van der Waals surface area contributed by atoms with Crippen molar-refractivity contribution in [1.29, 1.82) is 0 Å². The van der Waals surface area contributed by atoms with Gasteiger partial charge in [0, 0.05) is 26.2 Å². The summed E-state index contributed by atoms with van der Waals surface area (Å²) in [5.74, 6) is -0.362. The zero-order valence-electron chi connectivity index (χ0n) is 15.4. The van der Waals surface area contributed by atoms with Crippen LogP contribution >= 0.6 is 0 Å². The van der Waals surface area contributed by atoms with Gasteiger partial charge in [-0.05, 0) is 24.6 Å². The number of hydrogen-bond donors (Lipinski definition) is 0. The minimum Gasteiger partial charge on any atom is -0.495 e. The van der Waals surface area contributed by atoms with E-state index in [1.165, 1.54) is 14.2 Å². The van der Waals surface area contributed by atoms with Crippen molar-refractivity contribution in [3.05, 3.63) is 23.8 Å². The topological polar surface area (TPSA) is 85.4 Å². The minimum atomic E-state index is -3.92. The number of morpholine rings is 1. The van der Waals surface area contributed by atoms with Crippen molar-refractivity contribution in [2.45, 2.75) is 11.8 Å². The molecular formula is C17H26N2O6S. The normalized spacial score (nSPS) is 15.8. The molecular weight excluding hydrogens is 360 g/mol. The van der Waals surface area contributed by atoms with E-state index >= 15 is 0 Å². The third-order valence-corrected chi connectivity index (χ3v) is 6.11. The molecule has 1 aromatic carbocycles. The van der Waals surface area contributed by atoms with E-state index in [2.05, 4.69) is 9.64 Å². The Hall–Kier alpha value is -1.68. The number of esters is 1. The molecule has 0 N–H and O–H groups in total. The molecule has 1 saturated heterocycles. The molecule has 0 spiro atoms. The fourth-order valence-electron chi connectivity index (χ4n) is 2.70. The highest BCUT2D eigenvalue weighted by Gasteiger charge is 2.30. The van der Waals surface area contributed by atoms with E-state index in [-0.39, 0.29) is 23.7 Å². The van der Waals surface area contributed by atoms with Gasteiger partial charge in [-0.2, -0.15) is 4.31 Å². The predicted octanol–water partition coefficient (Wildman–Crippen LogP) is 0.500. The largest absolute Gasteiger partial charge is 0.495 e. The molecule has 1 fully saturated rings. The van der Waals surface area contributed by atoms with Crippen LogP contribution < -0.4 is 4.74 Å². The van der Waals surface area contributed by atoms with Crippen LogP contribution in [-0.4, -0.2) is 83.7 Å². The number of ether oxygens (including phenoxy) is 3. The van der Waals surface area contributed by atoms with Gasteiger partial charge in [-0.15, -0.1) is 0 Å². The lowest BCUT2D eigenvalue weighted by molar-refractivity contribution is -0.140. The van der Waals surface area contributed by atoms with Gasteiger partial charge >= 0.3 is 5.97 Å². The summed E-state index contributed by atoms with van der Waals surface area (Å²) < 4.78 is 42.7. The second-order valence-corrected chi connectivity index (χ2v) is 7.93. The maximum Gasteiger partial charge on any atom is 0.321 e. The van der Waals surface area contributed by atoms with E-state index in [4.69, 9.17) is 9.47 Å². The van der Waals surface area contributed by atoms with Gasteiger partial charge in [-0.25, -0.2) is 8.42 Å². The lowest BCUT2D eigenvalue weighted by Crippen LogP contribution is -2.44. The average Bonchev–Trinajstić information content (AvgIpc) is 2.65. The number of carbonyl (C=O) groups is 1. The molecule has 0 aliphatic carbocycles. The van der Waals surface area contributed by atoms with E-state index in [0.29, 0.717) is 19.8 Å². The van der Waals surface area contributed by atoms with E-state index in [1.807, 2.05) is 0 Å². The zero-order chi connectivity index (χ0) is 19.2. The van der Waals surface area contributed by atoms with Crippen molar-refractivity contribution in [3.8, 4) is 5.75 Å². The first-order chi connectivity index (χ1) is 12.4. The summed E-state index contributed by atoms with van der Waals surface area (Å²) in [5, 5.41) is 0. The molecule has 0 aromatic heterocycles. The SMILES string of the molecule is COC(=O)CN(CCN1CCOCC1)S(=O)(=O)c1cc(C)ccc1OC. The third-order valence-electron chi connectivity index (χ3n) is 4.24. The number of sulfonamides is 1. The summed E-state index contributed by atoms with van der Waals surface area (Å²) in [6, 6.07) is 4.93. The predicted molar refractivity (Wildman–Crippen MR) is 95.8 cm³/mol. The minimum absolute atomic E-state index is 0.0471. The van der Waals surface area contributed by atoms with Gasteiger partial charge in [0.1, 0.15) is 17.2 Å². The Balaban J connectivity index is 2.26. The van der Waals surface area contributed by atoms with Gasteiger partial charge in [0.15, 0.2) is 0 Å². The van der Waals surface area contributed by atoms with Gasteiger partial charge in [-0.3, -0.25) is 9.69 Å². The van der Waals surface area contributed by atoms with Crippen molar-refractivity contribution in [2.24, 2.45) is 0 Å². The van der Waals surface area contributed by atoms with Gasteiger partial charge in [0.05, 0.1) is 27.4 Å². The van der Waals surface area contributed by atoms with E-state index < -0.39 is 16.0 Å². The fourth-order valence-corrected chi connectivity index (χ4v) is 4.31. The molecule has 0 amide bonds. The summed E-state index contributed by atoms with van der Waals surface area (Å²) in [5.41, 5.74) is 0.788. The van der Waals surface area contributed by atoms with Crippen LogP contribution in [0.2, 0.25) is 0 Å². The Morgan fingerprint density at radius 1 is 1.27 bits per heavy atom.